The van der Waals surface area contributed by atoms with Crippen LogP contribution in [0.25, 0.3) is 10.9 Å². The number of aryl methyl sites for hydroxylation is 1. The van der Waals surface area contributed by atoms with Gasteiger partial charge in [0.15, 0.2) is 0 Å². The van der Waals surface area contributed by atoms with Gasteiger partial charge in [-0.15, -0.1) is 0 Å². The van der Waals surface area contributed by atoms with Crippen LogP contribution in [0.3, 0.4) is 0 Å². The molecule has 0 aliphatic heterocycles. The number of aromatic amines is 1. The Morgan fingerprint density at radius 2 is 1.68 bits per heavy atom. The summed E-state index contributed by atoms with van der Waals surface area (Å²) in [6.07, 6.45) is -8.76. The molecule has 0 saturated carbocycles. The molecule has 0 fully saturated rings. The Hall–Kier alpha value is -2.97. The minimum Gasteiger partial charge on any atom is -0.361 e. The molecule has 1 heterocycles. The summed E-state index contributed by atoms with van der Waals surface area (Å²) in [4.78, 5) is 15.0. The zero-order chi connectivity index (χ0) is 20.5. The smallest absolute Gasteiger partial charge is 0.361 e. The van der Waals surface area contributed by atoms with Crippen LogP contribution >= 0.6 is 0 Å². The molecule has 3 aromatic rings. The molecule has 148 valence electrons. The Labute approximate surface area is 155 Å². The van der Waals surface area contributed by atoms with Crippen molar-refractivity contribution in [1.29, 1.82) is 0 Å². The van der Waals surface area contributed by atoms with Gasteiger partial charge in [0, 0.05) is 29.2 Å². The number of carbonyl (C=O) groups excluding carboxylic acids is 1. The van der Waals surface area contributed by atoms with Gasteiger partial charge >= 0.3 is 12.4 Å². The van der Waals surface area contributed by atoms with Gasteiger partial charge in [-0.2, -0.15) is 26.3 Å². The van der Waals surface area contributed by atoms with Crippen LogP contribution in [-0.4, -0.2) is 10.9 Å². The van der Waals surface area contributed by atoms with Crippen molar-refractivity contribution in [1.82, 2.24) is 4.98 Å². The number of halogens is 6. The summed E-state index contributed by atoms with van der Waals surface area (Å²) in [7, 11) is 0. The number of H-pyrrole nitrogens is 1. The Kier molecular flexibility index (Phi) is 5.10. The van der Waals surface area contributed by atoms with Crippen molar-refractivity contribution in [2.24, 2.45) is 0 Å². The lowest BCUT2D eigenvalue weighted by Crippen LogP contribution is -2.16. The van der Waals surface area contributed by atoms with E-state index < -0.39 is 29.4 Å². The monoisotopic (exact) mass is 400 g/mol. The Morgan fingerprint density at radius 3 is 2.36 bits per heavy atom. The second kappa shape index (κ2) is 7.21. The Balaban J connectivity index is 1.73. The fraction of sp³-hybridized carbons (Fsp3) is 0.211. The van der Waals surface area contributed by atoms with Gasteiger partial charge in [0.1, 0.15) is 0 Å². The molecule has 0 unspecified atom stereocenters. The van der Waals surface area contributed by atoms with Crippen molar-refractivity contribution in [3.63, 3.8) is 0 Å². The number of benzene rings is 2. The lowest BCUT2D eigenvalue weighted by atomic mass is 9.99. The second-order valence-electron chi connectivity index (χ2n) is 6.20. The minimum absolute atomic E-state index is 0.0765. The molecule has 0 atom stereocenters. The average molecular weight is 400 g/mol. The van der Waals surface area contributed by atoms with Gasteiger partial charge in [-0.05, 0) is 48.4 Å². The number of aromatic nitrogens is 1. The molecule has 0 aliphatic carbocycles. The van der Waals surface area contributed by atoms with Crippen LogP contribution in [0.5, 0.6) is 0 Å². The van der Waals surface area contributed by atoms with Crippen molar-refractivity contribution < 1.29 is 31.1 Å². The third-order valence-corrected chi connectivity index (χ3v) is 4.20. The van der Waals surface area contributed by atoms with Crippen molar-refractivity contribution in [2.75, 3.05) is 5.32 Å². The molecule has 2 aromatic carbocycles. The number of rotatable bonds is 4. The first kappa shape index (κ1) is 19.8. The molecular formula is C19H14F6N2O. The van der Waals surface area contributed by atoms with Crippen molar-refractivity contribution in [3.05, 3.63) is 65.4 Å². The van der Waals surface area contributed by atoms with Gasteiger partial charge < -0.3 is 10.3 Å². The molecule has 0 radical (unpaired) electrons. The molecule has 3 rings (SSSR count). The predicted octanol–water partition coefficient (Wildman–Crippen LogP) is 5.78. The van der Waals surface area contributed by atoms with E-state index in [1.807, 2.05) is 0 Å². The number of amides is 1. The molecule has 0 spiro atoms. The number of alkyl halides is 6. The first-order valence-electron chi connectivity index (χ1n) is 8.18. The lowest BCUT2D eigenvalue weighted by Gasteiger charge is -2.16. The van der Waals surface area contributed by atoms with Gasteiger partial charge in [-0.25, -0.2) is 0 Å². The quantitative estimate of drug-likeness (QED) is 0.536. The van der Waals surface area contributed by atoms with E-state index in [2.05, 4.69) is 10.3 Å². The second-order valence-corrected chi connectivity index (χ2v) is 6.20. The van der Waals surface area contributed by atoms with E-state index in [1.54, 1.807) is 30.5 Å². The van der Waals surface area contributed by atoms with E-state index in [9.17, 15) is 31.1 Å². The summed E-state index contributed by atoms with van der Waals surface area (Å²) in [5.41, 5.74) is -1.80. The normalized spacial score (nSPS) is 12.4. The third-order valence-electron chi connectivity index (χ3n) is 4.20. The largest absolute Gasteiger partial charge is 0.416 e. The first-order valence-corrected chi connectivity index (χ1v) is 8.18. The topological polar surface area (TPSA) is 44.9 Å². The zero-order valence-electron chi connectivity index (χ0n) is 14.2. The van der Waals surface area contributed by atoms with Crippen molar-refractivity contribution >= 4 is 22.5 Å². The highest BCUT2D eigenvalue weighted by atomic mass is 19.4. The summed E-state index contributed by atoms with van der Waals surface area (Å²) in [5, 5.41) is 3.42. The Morgan fingerprint density at radius 1 is 0.929 bits per heavy atom. The molecule has 9 heteroatoms. The number of hydrogen-bond donors (Lipinski definition) is 2. The van der Waals surface area contributed by atoms with Crippen LogP contribution in [0.2, 0.25) is 0 Å². The van der Waals surface area contributed by atoms with Gasteiger partial charge in [-0.1, -0.05) is 6.07 Å². The van der Waals surface area contributed by atoms with Gasteiger partial charge in [-0.3, -0.25) is 4.79 Å². The van der Waals surface area contributed by atoms with E-state index in [0.717, 1.165) is 17.0 Å². The summed E-state index contributed by atoms with van der Waals surface area (Å²) in [5.74, 6) is -0.539. The van der Waals surface area contributed by atoms with Crippen molar-refractivity contribution in [2.45, 2.75) is 25.2 Å². The van der Waals surface area contributed by atoms with Gasteiger partial charge in [0.05, 0.1) is 11.1 Å². The standard InChI is InChI=1S/C19H14F6N2O/c20-18(21,22)13-3-1-11(15(10-13)19(23,24)25)2-6-17(28)27-14-4-5-16-12(9-14)7-8-26-16/h1,3-5,7-10,26H,2,6H2,(H,27,28). The van der Waals surface area contributed by atoms with Crippen LogP contribution in [0.15, 0.2) is 48.7 Å². The number of hydrogen-bond acceptors (Lipinski definition) is 1. The van der Waals surface area contributed by atoms with Crippen LogP contribution in [0.4, 0.5) is 32.0 Å². The zero-order valence-corrected chi connectivity index (χ0v) is 14.2. The van der Waals surface area contributed by atoms with Crippen molar-refractivity contribution in [3.8, 4) is 0 Å². The van der Waals surface area contributed by atoms with E-state index in [0.29, 0.717) is 11.8 Å². The molecular weight excluding hydrogens is 386 g/mol. The van der Waals surface area contributed by atoms with E-state index in [-0.39, 0.29) is 24.5 Å². The highest BCUT2D eigenvalue weighted by molar-refractivity contribution is 5.93. The van der Waals surface area contributed by atoms with Crippen LogP contribution in [0.1, 0.15) is 23.1 Å². The highest BCUT2D eigenvalue weighted by Crippen LogP contribution is 2.37. The predicted molar refractivity (Wildman–Crippen MR) is 91.7 cm³/mol. The van der Waals surface area contributed by atoms with E-state index in [1.165, 1.54) is 0 Å². The number of nitrogens with one attached hydrogen (secondary N) is 2. The molecule has 1 aromatic heterocycles. The molecule has 2 N–H and O–H groups in total. The maximum atomic E-state index is 13.1. The van der Waals surface area contributed by atoms with Crippen LogP contribution < -0.4 is 5.32 Å². The number of fused-ring (bicyclic) bond motifs is 1. The summed E-state index contributed by atoms with van der Waals surface area (Å²) in [6.45, 7) is 0. The molecule has 1 amide bonds. The lowest BCUT2D eigenvalue weighted by molar-refractivity contribution is -0.143. The van der Waals surface area contributed by atoms with E-state index in [4.69, 9.17) is 0 Å². The maximum absolute atomic E-state index is 13.1. The third kappa shape index (κ3) is 4.47. The number of carbonyl (C=O) groups is 1. The number of anilines is 1. The maximum Gasteiger partial charge on any atom is 0.416 e. The SMILES string of the molecule is O=C(CCc1ccc(C(F)(F)F)cc1C(F)(F)F)Nc1ccc2[nH]ccc2c1. The summed E-state index contributed by atoms with van der Waals surface area (Å²) < 4.78 is 77.5. The molecule has 28 heavy (non-hydrogen) atoms. The molecule has 3 nitrogen and oxygen atoms in total. The first-order chi connectivity index (χ1) is 13.0. The van der Waals surface area contributed by atoms with Crippen LogP contribution in [-0.2, 0) is 23.6 Å². The van der Waals surface area contributed by atoms with Crippen LogP contribution in [0, 0.1) is 0 Å². The fourth-order valence-electron chi connectivity index (χ4n) is 2.84. The molecule has 0 saturated heterocycles. The minimum atomic E-state index is -4.95. The van der Waals surface area contributed by atoms with E-state index >= 15 is 0 Å². The van der Waals surface area contributed by atoms with Gasteiger partial charge in [0.2, 0.25) is 5.91 Å². The molecule has 0 aliphatic rings. The summed E-state index contributed by atoms with van der Waals surface area (Å²) >= 11 is 0. The molecule has 0 bridgehead atoms. The Bertz CT molecular complexity index is 1000. The fourth-order valence-corrected chi connectivity index (χ4v) is 2.84. The highest BCUT2D eigenvalue weighted by Gasteiger charge is 2.37. The van der Waals surface area contributed by atoms with Gasteiger partial charge in [0.25, 0.3) is 0 Å². The summed E-state index contributed by atoms with van der Waals surface area (Å²) in [6, 6.07) is 8.30. The average Bonchev–Trinajstić information content (AvgIpc) is 3.06.